The number of carboxylic acid groups (broad SMARTS) is 1. The number of carboxylic acids is 1. The van der Waals surface area contributed by atoms with Crippen molar-refractivity contribution >= 4 is 23.3 Å². The van der Waals surface area contributed by atoms with Crippen LogP contribution in [0.4, 0.5) is 17.3 Å². The lowest BCUT2D eigenvalue weighted by molar-refractivity contribution is 0.0696. The summed E-state index contributed by atoms with van der Waals surface area (Å²) in [7, 11) is 0. The molecule has 1 heterocycles. The number of carbonyl (C=O) groups is 1. The van der Waals surface area contributed by atoms with Crippen molar-refractivity contribution in [3.63, 3.8) is 0 Å². The van der Waals surface area contributed by atoms with E-state index in [1.54, 1.807) is 19.1 Å². The number of pyridine rings is 1. The van der Waals surface area contributed by atoms with Crippen molar-refractivity contribution in [3.05, 3.63) is 47.0 Å². The molecule has 2 aromatic rings. The molecule has 0 aliphatic heterocycles. The first-order chi connectivity index (χ1) is 12.2. The van der Waals surface area contributed by atoms with Crippen molar-refractivity contribution in [2.75, 3.05) is 16.8 Å². The molecule has 0 spiro atoms. The molecule has 26 heavy (non-hydrogen) atoms. The highest BCUT2D eigenvalue weighted by Crippen LogP contribution is 2.27. The minimum Gasteiger partial charge on any atom is -0.478 e. The number of anilines is 3. The van der Waals surface area contributed by atoms with Crippen LogP contribution in [0.1, 0.15) is 62.0 Å². The van der Waals surface area contributed by atoms with Gasteiger partial charge in [0.1, 0.15) is 11.6 Å². The predicted octanol–water partition coefficient (Wildman–Crippen LogP) is 5.19. The van der Waals surface area contributed by atoms with Gasteiger partial charge < -0.3 is 15.3 Å². The first-order valence-corrected chi connectivity index (χ1v) is 9.12. The average Bonchev–Trinajstić information content (AvgIpc) is 2.54. The molecule has 1 aromatic heterocycles. The van der Waals surface area contributed by atoms with Crippen molar-refractivity contribution in [1.82, 2.24) is 4.98 Å². The van der Waals surface area contributed by atoms with E-state index in [1.807, 2.05) is 6.07 Å². The van der Waals surface area contributed by atoms with Gasteiger partial charge in [0.2, 0.25) is 0 Å². The molecule has 0 unspecified atom stereocenters. The number of benzene rings is 1. The Bertz CT molecular complexity index is 785. The van der Waals surface area contributed by atoms with Crippen LogP contribution in [-0.4, -0.2) is 28.6 Å². The summed E-state index contributed by atoms with van der Waals surface area (Å²) >= 11 is 0. The van der Waals surface area contributed by atoms with Crippen LogP contribution in [0.15, 0.2) is 30.3 Å². The largest absolute Gasteiger partial charge is 0.478 e. The van der Waals surface area contributed by atoms with Crippen LogP contribution in [0.3, 0.4) is 0 Å². The van der Waals surface area contributed by atoms with Gasteiger partial charge in [-0.25, -0.2) is 9.78 Å². The molecule has 0 bridgehead atoms. The minimum absolute atomic E-state index is 0.317. The van der Waals surface area contributed by atoms with Gasteiger partial charge in [0.25, 0.3) is 0 Å². The third-order valence-electron chi connectivity index (χ3n) is 4.49. The van der Waals surface area contributed by atoms with Gasteiger partial charge in [-0.1, -0.05) is 13.8 Å². The summed E-state index contributed by atoms with van der Waals surface area (Å²) in [4.78, 5) is 18.2. The lowest BCUT2D eigenvalue weighted by atomic mass is 10.0. The number of aromatic nitrogens is 1. The lowest BCUT2D eigenvalue weighted by Gasteiger charge is -2.27. The van der Waals surface area contributed by atoms with Crippen LogP contribution in [0.5, 0.6) is 0 Å². The number of hydrogen-bond donors (Lipinski definition) is 2. The highest BCUT2D eigenvalue weighted by Gasteiger charge is 2.14. The van der Waals surface area contributed by atoms with Gasteiger partial charge in [-0.05, 0) is 75.1 Å². The maximum absolute atomic E-state index is 11.2. The van der Waals surface area contributed by atoms with Crippen LogP contribution >= 0.6 is 0 Å². The minimum atomic E-state index is -0.910. The van der Waals surface area contributed by atoms with E-state index in [0.29, 0.717) is 17.5 Å². The van der Waals surface area contributed by atoms with Gasteiger partial charge in [-0.3, -0.25) is 0 Å². The molecule has 0 radical (unpaired) electrons. The molecule has 0 amide bonds. The van der Waals surface area contributed by atoms with Crippen LogP contribution in [0.2, 0.25) is 0 Å². The molecule has 5 nitrogen and oxygen atoms in total. The number of nitrogens with one attached hydrogen (secondary N) is 1. The van der Waals surface area contributed by atoms with E-state index in [-0.39, 0.29) is 0 Å². The summed E-state index contributed by atoms with van der Waals surface area (Å²) in [6, 6.07) is 9.81. The topological polar surface area (TPSA) is 65.5 Å². The number of aromatic carboxylic acids is 1. The van der Waals surface area contributed by atoms with Gasteiger partial charge in [-0.15, -0.1) is 0 Å². The Kier molecular flexibility index (Phi) is 6.24. The lowest BCUT2D eigenvalue weighted by Crippen LogP contribution is -2.31. The molecule has 0 aliphatic carbocycles. The molecule has 140 valence electrons. The first kappa shape index (κ1) is 19.8. The molecule has 0 saturated heterocycles. The summed E-state index contributed by atoms with van der Waals surface area (Å²) in [6.07, 6.45) is 0. The molecule has 2 N–H and O–H groups in total. The van der Waals surface area contributed by atoms with Crippen LogP contribution in [0.25, 0.3) is 0 Å². The SMILES string of the molecule is CCN(c1cc(C(C)C)cc(Nc2ccc(C(=O)O)c(C)c2)n1)C(C)C. The zero-order valence-electron chi connectivity index (χ0n) is 16.5. The van der Waals surface area contributed by atoms with Gasteiger partial charge in [-0.2, -0.15) is 0 Å². The van der Waals surface area contributed by atoms with Crippen LogP contribution < -0.4 is 10.2 Å². The molecule has 2 rings (SSSR count). The van der Waals surface area contributed by atoms with Crippen molar-refractivity contribution in [3.8, 4) is 0 Å². The van der Waals surface area contributed by atoms with E-state index in [2.05, 4.69) is 57.0 Å². The quantitative estimate of drug-likeness (QED) is 0.715. The number of rotatable bonds is 7. The van der Waals surface area contributed by atoms with Crippen molar-refractivity contribution in [2.24, 2.45) is 0 Å². The first-order valence-electron chi connectivity index (χ1n) is 9.12. The van der Waals surface area contributed by atoms with Crippen LogP contribution in [-0.2, 0) is 0 Å². The molecular formula is C21H29N3O2. The third-order valence-corrected chi connectivity index (χ3v) is 4.49. The van der Waals surface area contributed by atoms with E-state index in [9.17, 15) is 9.90 Å². The summed E-state index contributed by atoms with van der Waals surface area (Å²) in [5.74, 6) is 1.20. The van der Waals surface area contributed by atoms with Gasteiger partial charge >= 0.3 is 5.97 Å². The number of nitrogens with zero attached hydrogens (tertiary/aromatic N) is 2. The van der Waals surface area contributed by atoms with Gasteiger partial charge in [0.05, 0.1) is 5.56 Å². The zero-order valence-corrected chi connectivity index (χ0v) is 16.5. The Labute approximate surface area is 156 Å². The van der Waals surface area contributed by atoms with Gasteiger partial charge in [0, 0.05) is 18.3 Å². The Hall–Kier alpha value is -2.56. The second kappa shape index (κ2) is 8.21. The molecule has 0 aliphatic rings. The molecule has 5 heteroatoms. The second-order valence-electron chi connectivity index (χ2n) is 7.14. The average molecular weight is 355 g/mol. The molecular weight excluding hydrogens is 326 g/mol. The second-order valence-corrected chi connectivity index (χ2v) is 7.14. The van der Waals surface area contributed by atoms with Gasteiger partial charge in [0.15, 0.2) is 0 Å². The summed E-state index contributed by atoms with van der Waals surface area (Å²) in [6.45, 7) is 13.5. The van der Waals surface area contributed by atoms with E-state index < -0.39 is 5.97 Å². The maximum atomic E-state index is 11.2. The standard InChI is InChI=1S/C21H29N3O2/c1-7-24(14(4)5)20-12-16(13(2)3)11-19(23-20)22-17-8-9-18(21(25)26)15(6)10-17/h8-14H,7H2,1-6H3,(H,22,23)(H,25,26). The molecule has 0 saturated carbocycles. The van der Waals surface area contributed by atoms with E-state index >= 15 is 0 Å². The summed E-state index contributed by atoms with van der Waals surface area (Å²) in [5.41, 5.74) is 3.09. The summed E-state index contributed by atoms with van der Waals surface area (Å²) < 4.78 is 0. The van der Waals surface area contributed by atoms with E-state index in [0.717, 1.165) is 29.4 Å². The van der Waals surface area contributed by atoms with Crippen molar-refractivity contribution < 1.29 is 9.90 Å². The fourth-order valence-corrected chi connectivity index (χ4v) is 3.00. The van der Waals surface area contributed by atoms with E-state index in [4.69, 9.17) is 4.98 Å². The predicted molar refractivity (Wildman–Crippen MR) is 108 cm³/mol. The van der Waals surface area contributed by atoms with Crippen LogP contribution in [0, 0.1) is 6.92 Å². The zero-order chi connectivity index (χ0) is 19.4. The highest BCUT2D eigenvalue weighted by atomic mass is 16.4. The van der Waals surface area contributed by atoms with Crippen molar-refractivity contribution in [1.29, 1.82) is 0 Å². The molecule has 0 atom stereocenters. The Morgan fingerprint density at radius 2 is 1.88 bits per heavy atom. The Balaban J connectivity index is 2.41. The van der Waals surface area contributed by atoms with E-state index in [1.165, 1.54) is 5.56 Å². The van der Waals surface area contributed by atoms with Crippen molar-refractivity contribution in [2.45, 2.75) is 53.5 Å². The smallest absolute Gasteiger partial charge is 0.335 e. The summed E-state index contributed by atoms with van der Waals surface area (Å²) in [5, 5.41) is 12.5. The monoisotopic (exact) mass is 355 g/mol. The highest BCUT2D eigenvalue weighted by molar-refractivity contribution is 5.90. The number of aryl methyl sites for hydroxylation is 1. The Morgan fingerprint density at radius 3 is 2.38 bits per heavy atom. The Morgan fingerprint density at radius 1 is 1.19 bits per heavy atom. The fraction of sp³-hybridized carbons (Fsp3) is 0.429. The normalized spacial score (nSPS) is 11.1. The maximum Gasteiger partial charge on any atom is 0.335 e. The third kappa shape index (κ3) is 4.54. The number of hydrogen-bond acceptors (Lipinski definition) is 4. The fourth-order valence-electron chi connectivity index (χ4n) is 3.00. The molecule has 1 aromatic carbocycles. The molecule has 0 fully saturated rings.